The van der Waals surface area contributed by atoms with Gasteiger partial charge in [-0.2, -0.15) is 5.26 Å². The third-order valence-electron chi connectivity index (χ3n) is 1.07. The Balaban J connectivity index is 3.83. The first-order valence-electron chi connectivity index (χ1n) is 3.56. The lowest BCUT2D eigenvalue weighted by Gasteiger charge is -2.03. The van der Waals surface area contributed by atoms with Crippen LogP contribution in [0, 0.1) is 11.3 Å². The Hall–Kier alpha value is -0.690. The van der Waals surface area contributed by atoms with Crippen molar-refractivity contribution < 1.29 is 16.8 Å². The molecule has 0 heterocycles. The normalized spacial score (nSPS) is 12.3. The van der Waals surface area contributed by atoms with Crippen molar-refractivity contribution in [2.75, 3.05) is 25.1 Å². The molecule has 14 heavy (non-hydrogen) atoms. The summed E-state index contributed by atoms with van der Waals surface area (Å²) in [4.78, 5) is 0. The molecule has 0 spiro atoms. The monoisotopic (exact) mass is 241 g/mol. The van der Waals surface area contributed by atoms with Gasteiger partial charge in [-0.1, -0.05) is 0 Å². The Labute approximate surface area is 83.2 Å². The molecule has 0 radical (unpaired) electrons. The minimum absolute atomic E-state index is 0.0382. The lowest BCUT2D eigenvalue weighted by Crippen LogP contribution is -2.35. The second-order valence-corrected chi connectivity index (χ2v) is 6.12. The van der Waals surface area contributed by atoms with E-state index in [2.05, 4.69) is 9.44 Å². The third kappa shape index (κ3) is 7.93. The van der Waals surface area contributed by atoms with Crippen molar-refractivity contribution in [3.05, 3.63) is 0 Å². The number of hydrogen-bond acceptors (Lipinski definition) is 5. The van der Waals surface area contributed by atoms with Gasteiger partial charge in [-0.3, -0.25) is 0 Å². The second kappa shape index (κ2) is 5.26. The Morgan fingerprint density at radius 2 is 1.64 bits per heavy atom. The van der Waals surface area contributed by atoms with Crippen molar-refractivity contribution >= 4 is 20.0 Å². The van der Waals surface area contributed by atoms with Gasteiger partial charge in [-0.15, -0.1) is 0 Å². The van der Waals surface area contributed by atoms with Crippen LogP contribution < -0.4 is 9.44 Å². The summed E-state index contributed by atoms with van der Waals surface area (Å²) in [7, 11) is -6.90. The number of hydrogen-bond donors (Lipinski definition) is 2. The predicted octanol–water partition coefficient (Wildman–Crippen LogP) is -2.02. The largest absolute Gasteiger partial charge is 0.225 e. The summed E-state index contributed by atoms with van der Waals surface area (Å²) < 4.78 is 46.9. The van der Waals surface area contributed by atoms with Gasteiger partial charge in [0, 0.05) is 13.1 Å². The van der Waals surface area contributed by atoms with Gasteiger partial charge < -0.3 is 0 Å². The van der Waals surface area contributed by atoms with Crippen molar-refractivity contribution in [1.29, 1.82) is 5.26 Å². The molecule has 0 aliphatic carbocycles. The highest BCUT2D eigenvalue weighted by atomic mass is 32.2. The summed E-state index contributed by atoms with van der Waals surface area (Å²) in [6.07, 6.45) is 0.969. The van der Waals surface area contributed by atoms with Crippen molar-refractivity contribution in [2.45, 2.75) is 0 Å². The molecule has 0 aliphatic heterocycles. The predicted molar refractivity (Wildman–Crippen MR) is 50.2 cm³/mol. The van der Waals surface area contributed by atoms with E-state index in [4.69, 9.17) is 5.26 Å². The van der Waals surface area contributed by atoms with Crippen molar-refractivity contribution in [3.63, 3.8) is 0 Å². The first kappa shape index (κ1) is 13.3. The molecule has 82 valence electrons. The molecule has 0 saturated heterocycles. The summed E-state index contributed by atoms with van der Waals surface area (Å²) in [5.74, 6) is -0.633. The average molecular weight is 241 g/mol. The van der Waals surface area contributed by atoms with Gasteiger partial charge in [0.1, 0.15) is 0 Å². The quantitative estimate of drug-likeness (QED) is 0.521. The zero-order valence-corrected chi connectivity index (χ0v) is 9.15. The Kier molecular flexibility index (Phi) is 5.00. The lowest BCUT2D eigenvalue weighted by atomic mass is 10.7. The SMILES string of the molecule is CS(=O)(=O)NCCNS(=O)(=O)CC#N. The van der Waals surface area contributed by atoms with Crippen LogP contribution in [0.2, 0.25) is 0 Å². The van der Waals surface area contributed by atoms with Gasteiger partial charge in [-0.05, 0) is 0 Å². The summed E-state index contributed by atoms with van der Waals surface area (Å²) in [6.45, 7) is -0.111. The number of rotatable bonds is 6. The van der Waals surface area contributed by atoms with E-state index in [-0.39, 0.29) is 13.1 Å². The van der Waals surface area contributed by atoms with Crippen LogP contribution in [0.4, 0.5) is 0 Å². The van der Waals surface area contributed by atoms with Crippen LogP contribution in [0.1, 0.15) is 0 Å². The van der Waals surface area contributed by atoms with E-state index in [1.54, 1.807) is 0 Å². The molecule has 0 unspecified atom stereocenters. The number of nitrogens with one attached hydrogen (secondary N) is 2. The highest BCUT2D eigenvalue weighted by molar-refractivity contribution is 7.89. The molecule has 0 aromatic rings. The maximum Gasteiger partial charge on any atom is 0.225 e. The molecular formula is C5H11N3O4S2. The second-order valence-electron chi connectivity index (χ2n) is 2.48. The van der Waals surface area contributed by atoms with Crippen molar-refractivity contribution in [2.24, 2.45) is 0 Å². The van der Waals surface area contributed by atoms with E-state index in [0.29, 0.717) is 0 Å². The van der Waals surface area contributed by atoms with Gasteiger partial charge >= 0.3 is 0 Å². The van der Waals surface area contributed by atoms with Crippen LogP contribution in [-0.4, -0.2) is 41.9 Å². The van der Waals surface area contributed by atoms with Crippen molar-refractivity contribution in [3.8, 4) is 6.07 Å². The number of nitriles is 1. The highest BCUT2D eigenvalue weighted by Crippen LogP contribution is 1.80. The zero-order valence-electron chi connectivity index (χ0n) is 7.52. The van der Waals surface area contributed by atoms with E-state index < -0.39 is 25.8 Å². The summed E-state index contributed by atoms with van der Waals surface area (Å²) in [5, 5.41) is 8.11. The lowest BCUT2D eigenvalue weighted by molar-refractivity contribution is 0.575. The van der Waals surface area contributed by atoms with Crippen LogP contribution in [0.25, 0.3) is 0 Å². The molecule has 0 amide bonds. The number of nitrogens with zero attached hydrogens (tertiary/aromatic N) is 1. The van der Waals surface area contributed by atoms with E-state index in [1.165, 1.54) is 6.07 Å². The van der Waals surface area contributed by atoms with Crippen molar-refractivity contribution in [1.82, 2.24) is 9.44 Å². The van der Waals surface area contributed by atoms with E-state index in [0.717, 1.165) is 6.26 Å². The molecule has 0 aromatic heterocycles. The van der Waals surface area contributed by atoms with Crippen LogP contribution >= 0.6 is 0 Å². The molecule has 0 aliphatic rings. The van der Waals surface area contributed by atoms with Gasteiger partial charge in [0.25, 0.3) is 0 Å². The molecule has 0 atom stereocenters. The first-order valence-corrected chi connectivity index (χ1v) is 7.10. The molecule has 0 rings (SSSR count). The first-order chi connectivity index (χ1) is 6.27. The van der Waals surface area contributed by atoms with Crippen LogP contribution in [0.3, 0.4) is 0 Å². The third-order valence-corrected chi connectivity index (χ3v) is 2.95. The minimum Gasteiger partial charge on any atom is -0.214 e. The fraction of sp³-hybridized carbons (Fsp3) is 0.800. The van der Waals surface area contributed by atoms with Gasteiger partial charge in [0.15, 0.2) is 5.75 Å². The molecule has 0 fully saturated rings. The summed E-state index contributed by atoms with van der Waals surface area (Å²) in [5.41, 5.74) is 0. The summed E-state index contributed by atoms with van der Waals surface area (Å²) >= 11 is 0. The van der Waals surface area contributed by atoms with Gasteiger partial charge in [0.2, 0.25) is 20.0 Å². The Bertz CT molecular complexity index is 405. The minimum atomic E-state index is -3.60. The van der Waals surface area contributed by atoms with E-state index in [9.17, 15) is 16.8 Å². The highest BCUT2D eigenvalue weighted by Gasteiger charge is 2.08. The fourth-order valence-corrected chi connectivity index (χ4v) is 1.74. The van der Waals surface area contributed by atoms with Crippen LogP contribution in [0.5, 0.6) is 0 Å². The van der Waals surface area contributed by atoms with E-state index in [1.807, 2.05) is 0 Å². The summed E-state index contributed by atoms with van der Waals surface area (Å²) in [6, 6.07) is 1.48. The van der Waals surface area contributed by atoms with Gasteiger partial charge in [-0.25, -0.2) is 26.3 Å². The topological polar surface area (TPSA) is 116 Å². The molecule has 0 aromatic carbocycles. The molecule has 2 N–H and O–H groups in total. The molecule has 0 saturated carbocycles. The molecular weight excluding hydrogens is 230 g/mol. The number of sulfonamides is 2. The van der Waals surface area contributed by atoms with Crippen LogP contribution in [-0.2, 0) is 20.0 Å². The maximum absolute atomic E-state index is 10.8. The van der Waals surface area contributed by atoms with E-state index >= 15 is 0 Å². The zero-order chi connectivity index (χ0) is 11.2. The maximum atomic E-state index is 10.8. The van der Waals surface area contributed by atoms with Crippen LogP contribution in [0.15, 0.2) is 0 Å². The Morgan fingerprint density at radius 3 is 2.07 bits per heavy atom. The smallest absolute Gasteiger partial charge is 0.214 e. The Morgan fingerprint density at radius 1 is 1.14 bits per heavy atom. The van der Waals surface area contributed by atoms with Gasteiger partial charge in [0.05, 0.1) is 12.3 Å². The molecule has 7 nitrogen and oxygen atoms in total. The fourth-order valence-electron chi connectivity index (χ4n) is 0.579. The molecule has 0 bridgehead atoms. The average Bonchev–Trinajstić information content (AvgIpc) is 1.96. The molecule has 9 heteroatoms. The standard InChI is InChI=1S/C5H11N3O4S2/c1-13(9,10)7-3-4-8-14(11,12)5-2-6/h7-8H,3-5H2,1H3.